The first kappa shape index (κ1) is 59.8. The average Bonchev–Trinajstić information content (AvgIpc) is 3.56. The zero-order chi connectivity index (χ0) is 56.5. The van der Waals surface area contributed by atoms with Crippen molar-refractivity contribution in [3.63, 3.8) is 0 Å². The van der Waals surface area contributed by atoms with Crippen LogP contribution in [0.4, 0.5) is 0 Å². The van der Waals surface area contributed by atoms with Crippen LogP contribution in [0.5, 0.6) is 5.75 Å². The van der Waals surface area contributed by atoms with E-state index in [1.54, 1.807) is 5.32 Å². The van der Waals surface area contributed by atoms with Crippen LogP contribution >= 0.6 is 23.2 Å². The fourth-order valence-corrected chi connectivity index (χ4v) is 12.9. The predicted octanol–water partition coefficient (Wildman–Crippen LogP) is -0.0994. The predicted molar refractivity (Wildman–Crippen MR) is 254 cm³/mol. The number of aromatic carboxylic acids is 1. The van der Waals surface area contributed by atoms with E-state index in [0.717, 1.165) is 37.3 Å². The number of carbonyl (C=O) groups is 7. The number of ketones is 2. The molecule has 0 aromatic heterocycles. The quantitative estimate of drug-likeness (QED) is 0.0616. The zero-order valence-electron chi connectivity index (χ0n) is 37.7. The van der Waals surface area contributed by atoms with Gasteiger partial charge in [-0.2, -0.15) is 30.0 Å². The number of sulfonamides is 2. The normalized spacial score (nSPS) is 20.2. The molecule has 75 heavy (non-hydrogen) atoms. The van der Waals surface area contributed by atoms with E-state index < -0.39 is 223 Å². The average molecular weight is 1190 g/mol. The van der Waals surface area contributed by atoms with Crippen molar-refractivity contribution in [3.05, 3.63) is 62.2 Å². The van der Waals surface area contributed by atoms with Crippen molar-refractivity contribution in [1.29, 1.82) is 0 Å². The minimum atomic E-state index is -5.81. The van der Waals surface area contributed by atoms with Crippen LogP contribution in [-0.4, -0.2) is 148 Å². The number of phenolic OH excluding ortho intramolecular Hbond substituents is 1. The number of nitrogens with one attached hydrogen (secondary N) is 3. The topological polar surface area (TPSA) is 470 Å². The lowest BCUT2D eigenvalue weighted by Gasteiger charge is -2.24. The molecule has 3 aliphatic heterocycles. The Morgan fingerprint density at radius 2 is 1.32 bits per heavy atom. The first-order chi connectivity index (χ1) is 34.4. The molecule has 36 heteroatoms. The summed E-state index contributed by atoms with van der Waals surface area (Å²) in [7, 11) is -27.0. The number of Topliss-reactive ketones (excluding diaryl/α,β-unsaturated/α-hetero) is 2. The summed E-state index contributed by atoms with van der Waals surface area (Å²) in [4.78, 5) is 100. The lowest BCUT2D eigenvalue weighted by atomic mass is 9.90. The Hall–Kier alpha value is -6.05. The number of nitrogens with zero attached hydrogens (tertiary/aromatic N) is 1. The van der Waals surface area contributed by atoms with Gasteiger partial charge in [0.05, 0.1) is 34.1 Å². The molecule has 6 rings (SSSR count). The Labute approximate surface area is 433 Å². The van der Waals surface area contributed by atoms with Gasteiger partial charge in [-0.1, -0.05) is 23.2 Å². The van der Waals surface area contributed by atoms with Crippen LogP contribution in [0.2, 0.25) is 10.0 Å². The highest BCUT2D eigenvalue weighted by molar-refractivity contribution is 7.90. The van der Waals surface area contributed by atoms with Gasteiger partial charge < -0.3 is 24.8 Å². The first-order valence-corrected chi connectivity index (χ1v) is 29.2. The zero-order valence-corrected chi connectivity index (χ0v) is 43.3. The molecular weight excluding hydrogens is 1160 g/mol. The molecule has 0 spiro atoms. The van der Waals surface area contributed by atoms with Gasteiger partial charge in [-0.05, 0) is 42.8 Å². The second-order valence-electron chi connectivity index (χ2n) is 16.1. The molecule has 1 fully saturated rings. The molecule has 408 valence electrons. The Bertz CT molecular complexity index is 3680. The molecule has 3 heterocycles. The van der Waals surface area contributed by atoms with Crippen LogP contribution in [-0.2, 0) is 84.0 Å². The highest BCUT2D eigenvalue weighted by Gasteiger charge is 2.40. The Kier molecular flexibility index (Phi) is 18.1. The molecule has 2 aromatic rings. The van der Waals surface area contributed by atoms with Crippen molar-refractivity contribution >= 4 is 126 Å². The molecule has 2 aromatic carbocycles. The van der Waals surface area contributed by atoms with E-state index >= 15 is 0 Å². The maximum atomic E-state index is 14.4. The summed E-state index contributed by atoms with van der Waals surface area (Å²) < 4.78 is 167. The second kappa shape index (κ2) is 22.7. The number of aromatic hydroxyl groups is 1. The fraction of sp³-hybridized carbons (Fsp3) is 0.333. The molecule has 3 atom stereocenters. The van der Waals surface area contributed by atoms with Crippen LogP contribution in [0.1, 0.15) is 49.4 Å². The van der Waals surface area contributed by atoms with Crippen molar-refractivity contribution in [2.75, 3.05) is 23.8 Å². The van der Waals surface area contributed by atoms with Crippen LogP contribution in [0.25, 0.3) is 33.4 Å². The number of carbonyl (C=O) groups excluding carboxylic acids is 6. The van der Waals surface area contributed by atoms with Crippen LogP contribution in [0.15, 0.2) is 55.4 Å². The third-order valence-electron chi connectivity index (χ3n) is 10.5. The minimum absolute atomic E-state index is 0.131. The van der Waals surface area contributed by atoms with Crippen LogP contribution in [0.3, 0.4) is 0 Å². The standard InChI is InChI=1S/C33H31Cl2N3O21S5.C6H7NO4/c34-17-5-6-18(35)27(33(44)45)26(17)25-15-3-7-22(40)30-28(15)59-29-16(25)4-8-23(41)31(29)64(57,58)38-20(13-62(52,53)54)24(42)10-14(11-60(46,47)48)32(43)37-19(12-61(49,50)51)21(39)2-1-9-36-63(30,55)56;1-4(8)11-7-5(9)2-3-6(7)10/h3-8,14,19-20,36,38,40H,1-2,9-13H2,(H,37,43)(H,44,45)(H,46,47,48)(H,49,50,51)(H,52,53,54);2-3H2,1H3. The van der Waals surface area contributed by atoms with E-state index in [2.05, 4.69) is 4.84 Å². The van der Waals surface area contributed by atoms with Crippen molar-refractivity contribution in [3.8, 4) is 28.2 Å². The van der Waals surface area contributed by atoms with Gasteiger partial charge in [-0.25, -0.2) is 31.1 Å². The summed E-state index contributed by atoms with van der Waals surface area (Å²) in [6.07, 6.45) is -2.71. The number of rotatable bonds is 9. The van der Waals surface area contributed by atoms with Gasteiger partial charge in [0.15, 0.2) is 32.7 Å². The molecule has 1 saturated heterocycles. The number of hydrogen-bond donors (Lipinski definition) is 8. The highest BCUT2D eigenvalue weighted by atomic mass is 35.5. The first-order valence-electron chi connectivity index (χ1n) is 20.7. The number of amides is 3. The van der Waals surface area contributed by atoms with Gasteiger partial charge in [0.25, 0.3) is 42.2 Å². The lowest BCUT2D eigenvalue weighted by Crippen LogP contribution is -2.51. The minimum Gasteiger partial charge on any atom is -0.506 e. The number of carboxylic acid groups (broad SMARTS) is 1. The molecule has 2 bridgehead atoms. The van der Waals surface area contributed by atoms with E-state index in [9.17, 15) is 104 Å². The van der Waals surface area contributed by atoms with Gasteiger partial charge in [0.2, 0.25) is 31.4 Å². The number of hydroxylamine groups is 2. The van der Waals surface area contributed by atoms with Gasteiger partial charge >= 0.3 is 11.9 Å². The summed E-state index contributed by atoms with van der Waals surface area (Å²) in [5, 5.41) is 22.2. The Balaban J connectivity index is 0.000000837. The van der Waals surface area contributed by atoms with E-state index in [4.69, 9.17) is 27.6 Å². The van der Waals surface area contributed by atoms with Crippen molar-refractivity contribution < 1.29 is 109 Å². The van der Waals surface area contributed by atoms with E-state index in [1.807, 2.05) is 4.72 Å². The molecule has 29 nitrogen and oxygen atoms in total. The third kappa shape index (κ3) is 14.7. The van der Waals surface area contributed by atoms with Crippen molar-refractivity contribution in [2.24, 2.45) is 5.92 Å². The number of halogens is 2. The SMILES string of the molecule is CC(=O)ON1C(=O)CCC1=O.O=C(O)c1c(Cl)ccc(Cl)c1-c1c2ccc(=O)c3c-2oc2c(c(O)ccc12)S(=O)(=O)NCCCC(=O)C(CS(=O)(=O)O)NC(=O)C(CS(=O)(=O)O)CC(=O)C(CS(=O)(=O)O)NS3(=O)=O. The van der Waals surface area contributed by atoms with E-state index in [-0.39, 0.29) is 12.8 Å². The van der Waals surface area contributed by atoms with E-state index in [0.29, 0.717) is 11.1 Å². The maximum absolute atomic E-state index is 14.4. The van der Waals surface area contributed by atoms with Gasteiger partial charge in [-0.15, -0.1) is 5.06 Å². The Morgan fingerprint density at radius 1 is 0.747 bits per heavy atom. The monoisotopic (exact) mass is 1190 g/mol. The number of hydrogen-bond acceptors (Lipinski definition) is 21. The fourth-order valence-electron chi connectivity index (χ4n) is 7.46. The number of phenols is 1. The molecule has 1 aliphatic carbocycles. The smallest absolute Gasteiger partial charge is 0.337 e. The van der Waals surface area contributed by atoms with Crippen molar-refractivity contribution in [1.82, 2.24) is 19.8 Å². The van der Waals surface area contributed by atoms with Crippen LogP contribution < -0.4 is 20.2 Å². The number of benzene rings is 3. The largest absolute Gasteiger partial charge is 0.506 e. The Morgan fingerprint density at radius 3 is 1.88 bits per heavy atom. The van der Waals surface area contributed by atoms with Gasteiger partial charge in [0.1, 0.15) is 17.5 Å². The van der Waals surface area contributed by atoms with Gasteiger partial charge in [0, 0.05) is 66.3 Å². The molecule has 3 amide bonds. The number of carboxylic acids is 1. The lowest BCUT2D eigenvalue weighted by molar-refractivity contribution is -0.195. The molecule has 0 radical (unpaired) electrons. The molecule has 8 N–H and O–H groups in total. The maximum Gasteiger partial charge on any atom is 0.337 e. The molecule has 3 unspecified atom stereocenters. The second-order valence-corrected chi connectivity index (χ2v) is 24.8. The summed E-state index contributed by atoms with van der Waals surface area (Å²) in [6, 6.07) is 0.277. The summed E-state index contributed by atoms with van der Waals surface area (Å²) in [6.45, 7) is 0.377. The number of imide groups is 1. The van der Waals surface area contributed by atoms with E-state index in [1.165, 1.54) is 4.72 Å². The summed E-state index contributed by atoms with van der Waals surface area (Å²) >= 11 is 12.8. The highest BCUT2D eigenvalue weighted by Crippen LogP contribution is 2.49. The molecule has 0 saturated carbocycles. The molecular formula is C39H38Cl2N4O25S5. The summed E-state index contributed by atoms with van der Waals surface area (Å²) in [5.41, 5.74) is -4.93. The van der Waals surface area contributed by atoms with Gasteiger partial charge in [-0.3, -0.25) is 42.4 Å². The third-order valence-corrected chi connectivity index (χ3v) is 16.5. The molecule has 4 aliphatic rings. The van der Waals surface area contributed by atoms with Crippen LogP contribution in [0, 0.1) is 5.92 Å². The van der Waals surface area contributed by atoms with Crippen molar-refractivity contribution in [2.45, 2.75) is 60.9 Å². The summed E-state index contributed by atoms with van der Waals surface area (Å²) in [5.74, 6) is -18.0.